The van der Waals surface area contributed by atoms with Crippen molar-refractivity contribution in [2.24, 2.45) is 0 Å². The van der Waals surface area contributed by atoms with E-state index in [1.54, 1.807) is 24.3 Å². The molecule has 0 radical (unpaired) electrons. The quantitative estimate of drug-likeness (QED) is 0.591. The molecular formula is C21H25N3O3S. The number of amides is 1. The smallest absolute Gasteiger partial charge is 0.221 e. The van der Waals surface area contributed by atoms with Crippen molar-refractivity contribution in [1.82, 2.24) is 14.9 Å². The molecule has 0 aliphatic carbocycles. The summed E-state index contributed by atoms with van der Waals surface area (Å²) in [5.74, 6) is 0.507. The summed E-state index contributed by atoms with van der Waals surface area (Å²) >= 11 is 0. The highest BCUT2D eigenvalue weighted by atomic mass is 32.2. The molecule has 3 aromatic rings. The number of carbonyl (C=O) groups excluding carboxylic acids is 1. The van der Waals surface area contributed by atoms with Gasteiger partial charge in [-0.3, -0.25) is 4.79 Å². The molecule has 0 atom stereocenters. The van der Waals surface area contributed by atoms with E-state index in [0.29, 0.717) is 6.54 Å². The van der Waals surface area contributed by atoms with Gasteiger partial charge >= 0.3 is 0 Å². The van der Waals surface area contributed by atoms with Crippen molar-refractivity contribution in [3.63, 3.8) is 0 Å². The number of imidazole rings is 1. The Balaban J connectivity index is 1.46. The lowest BCUT2D eigenvalue weighted by molar-refractivity contribution is -0.120. The van der Waals surface area contributed by atoms with Gasteiger partial charge in [0.15, 0.2) is 9.84 Å². The third-order valence-electron chi connectivity index (χ3n) is 4.70. The first-order valence-electron chi connectivity index (χ1n) is 9.35. The van der Waals surface area contributed by atoms with E-state index in [-0.39, 0.29) is 23.0 Å². The van der Waals surface area contributed by atoms with Crippen molar-refractivity contribution in [1.29, 1.82) is 0 Å². The van der Waals surface area contributed by atoms with E-state index in [9.17, 15) is 13.2 Å². The second-order valence-electron chi connectivity index (χ2n) is 6.88. The van der Waals surface area contributed by atoms with Crippen LogP contribution in [0.25, 0.3) is 11.0 Å². The molecule has 0 unspecified atom stereocenters. The third-order valence-corrected chi connectivity index (χ3v) is 6.44. The van der Waals surface area contributed by atoms with Crippen LogP contribution in [0.5, 0.6) is 0 Å². The lowest BCUT2D eigenvalue weighted by Crippen LogP contribution is -2.27. The minimum atomic E-state index is -3.44. The lowest BCUT2D eigenvalue weighted by Gasteiger charge is -2.09. The second-order valence-corrected chi connectivity index (χ2v) is 8.99. The number of para-hydroxylation sites is 2. The van der Waals surface area contributed by atoms with E-state index in [1.807, 2.05) is 38.1 Å². The van der Waals surface area contributed by atoms with Gasteiger partial charge in [0.25, 0.3) is 0 Å². The van der Waals surface area contributed by atoms with Gasteiger partial charge in [0.1, 0.15) is 5.82 Å². The summed E-state index contributed by atoms with van der Waals surface area (Å²) in [6.07, 6.45) is 0.709. The molecule has 7 heteroatoms. The zero-order chi connectivity index (χ0) is 20.1. The van der Waals surface area contributed by atoms with Gasteiger partial charge < -0.3 is 9.88 Å². The zero-order valence-electron chi connectivity index (χ0n) is 16.2. The van der Waals surface area contributed by atoms with Crippen LogP contribution in [0.2, 0.25) is 0 Å². The monoisotopic (exact) mass is 399 g/mol. The van der Waals surface area contributed by atoms with E-state index < -0.39 is 9.84 Å². The van der Waals surface area contributed by atoms with Gasteiger partial charge in [-0.2, -0.15) is 0 Å². The zero-order valence-corrected chi connectivity index (χ0v) is 17.0. The Morgan fingerprint density at radius 1 is 1.07 bits per heavy atom. The molecule has 0 fully saturated rings. The Labute approximate surface area is 165 Å². The van der Waals surface area contributed by atoms with Gasteiger partial charge in [-0.05, 0) is 44.5 Å². The Hall–Kier alpha value is -2.67. The van der Waals surface area contributed by atoms with E-state index in [4.69, 9.17) is 0 Å². The number of carbonyl (C=O) groups is 1. The molecule has 3 rings (SSSR count). The van der Waals surface area contributed by atoms with Crippen LogP contribution in [-0.4, -0.2) is 36.2 Å². The summed E-state index contributed by atoms with van der Waals surface area (Å²) in [7, 11) is -3.44. The average Bonchev–Trinajstić information content (AvgIpc) is 2.99. The summed E-state index contributed by atoms with van der Waals surface area (Å²) in [5, 5.41) is 2.81. The largest absolute Gasteiger partial charge is 0.356 e. The van der Waals surface area contributed by atoms with Gasteiger partial charge in [0.2, 0.25) is 5.91 Å². The number of fused-ring (bicyclic) bond motifs is 1. The molecule has 6 nitrogen and oxygen atoms in total. The van der Waals surface area contributed by atoms with Crippen LogP contribution in [0.3, 0.4) is 0 Å². The van der Waals surface area contributed by atoms with Crippen molar-refractivity contribution < 1.29 is 13.2 Å². The van der Waals surface area contributed by atoms with E-state index in [0.717, 1.165) is 35.4 Å². The Morgan fingerprint density at radius 2 is 1.79 bits per heavy atom. The molecule has 1 amide bonds. The minimum Gasteiger partial charge on any atom is -0.356 e. The molecule has 1 aromatic heterocycles. The molecule has 28 heavy (non-hydrogen) atoms. The first kappa shape index (κ1) is 20.1. The fraction of sp³-hybridized carbons (Fsp3) is 0.333. The van der Waals surface area contributed by atoms with E-state index in [2.05, 4.69) is 14.9 Å². The number of aryl methyl sites for hydroxylation is 3. The minimum absolute atomic E-state index is 0.0384. The Morgan fingerprint density at radius 3 is 2.54 bits per heavy atom. The number of rotatable bonds is 8. The SMILES string of the molecule is Cc1ccc(S(=O)(=O)CCC(=O)NCCCn2c(C)nc3ccccc32)cc1. The molecule has 2 aromatic carbocycles. The summed E-state index contributed by atoms with van der Waals surface area (Å²) in [6, 6.07) is 14.6. The van der Waals surface area contributed by atoms with Crippen LogP contribution in [0, 0.1) is 13.8 Å². The maximum absolute atomic E-state index is 12.3. The molecule has 0 bridgehead atoms. The van der Waals surface area contributed by atoms with E-state index >= 15 is 0 Å². The topological polar surface area (TPSA) is 81.1 Å². The molecule has 0 saturated heterocycles. The van der Waals surface area contributed by atoms with E-state index in [1.165, 1.54) is 0 Å². The van der Waals surface area contributed by atoms with Crippen molar-refractivity contribution in [2.75, 3.05) is 12.3 Å². The van der Waals surface area contributed by atoms with Crippen LogP contribution in [-0.2, 0) is 21.2 Å². The average molecular weight is 400 g/mol. The molecule has 1 N–H and O–H groups in total. The fourth-order valence-electron chi connectivity index (χ4n) is 3.12. The number of hydrogen-bond donors (Lipinski definition) is 1. The predicted octanol–water partition coefficient (Wildman–Crippen LogP) is 3.02. The Bertz CT molecular complexity index is 1070. The van der Waals surface area contributed by atoms with Crippen molar-refractivity contribution in [3.05, 3.63) is 59.9 Å². The maximum atomic E-state index is 12.3. The normalized spacial score (nSPS) is 11.6. The van der Waals surface area contributed by atoms with Gasteiger partial charge in [-0.1, -0.05) is 29.8 Å². The van der Waals surface area contributed by atoms with Crippen LogP contribution >= 0.6 is 0 Å². The van der Waals surface area contributed by atoms with Crippen molar-refractivity contribution >= 4 is 26.8 Å². The molecule has 1 heterocycles. The standard InChI is InChI=1S/C21H25N3O3S/c1-16-8-10-18(11-9-16)28(26,27)15-12-21(25)22-13-5-14-24-17(2)23-19-6-3-4-7-20(19)24/h3-4,6-11H,5,12-15H2,1-2H3,(H,22,25). The first-order chi connectivity index (χ1) is 13.4. The number of nitrogens with one attached hydrogen (secondary N) is 1. The van der Waals surface area contributed by atoms with Gasteiger partial charge in [0.05, 0.1) is 21.7 Å². The van der Waals surface area contributed by atoms with Crippen LogP contribution in [0.15, 0.2) is 53.4 Å². The van der Waals surface area contributed by atoms with Crippen molar-refractivity contribution in [2.45, 2.75) is 38.1 Å². The predicted molar refractivity (Wildman–Crippen MR) is 110 cm³/mol. The summed E-state index contributed by atoms with van der Waals surface area (Å²) in [5.41, 5.74) is 3.04. The molecule has 0 aliphatic heterocycles. The maximum Gasteiger partial charge on any atom is 0.221 e. The highest BCUT2D eigenvalue weighted by Crippen LogP contribution is 2.16. The first-order valence-corrected chi connectivity index (χ1v) is 11.0. The lowest BCUT2D eigenvalue weighted by atomic mass is 10.2. The number of benzene rings is 2. The summed E-state index contributed by atoms with van der Waals surface area (Å²) in [4.78, 5) is 16.8. The van der Waals surface area contributed by atoms with Crippen molar-refractivity contribution in [3.8, 4) is 0 Å². The summed E-state index contributed by atoms with van der Waals surface area (Å²) < 4.78 is 26.7. The number of nitrogens with zero attached hydrogens (tertiary/aromatic N) is 2. The number of aromatic nitrogens is 2. The molecule has 0 saturated carbocycles. The van der Waals surface area contributed by atoms with Gasteiger partial charge in [0, 0.05) is 19.5 Å². The third kappa shape index (κ3) is 4.78. The molecular weight excluding hydrogens is 374 g/mol. The Kier molecular flexibility index (Phi) is 6.14. The molecule has 148 valence electrons. The second kappa shape index (κ2) is 8.56. The van der Waals surface area contributed by atoms with Crippen LogP contribution in [0.4, 0.5) is 0 Å². The highest BCUT2D eigenvalue weighted by molar-refractivity contribution is 7.91. The van der Waals surface area contributed by atoms with Gasteiger partial charge in [-0.25, -0.2) is 13.4 Å². The molecule has 0 aliphatic rings. The number of hydrogen-bond acceptors (Lipinski definition) is 4. The molecule has 0 spiro atoms. The number of sulfone groups is 1. The summed E-state index contributed by atoms with van der Waals surface area (Å²) in [6.45, 7) is 5.11. The highest BCUT2D eigenvalue weighted by Gasteiger charge is 2.16. The fourth-order valence-corrected chi connectivity index (χ4v) is 4.36. The van der Waals surface area contributed by atoms with Crippen LogP contribution in [0.1, 0.15) is 24.2 Å². The van der Waals surface area contributed by atoms with Crippen LogP contribution < -0.4 is 5.32 Å². The van der Waals surface area contributed by atoms with Gasteiger partial charge in [-0.15, -0.1) is 0 Å².